The van der Waals surface area contributed by atoms with E-state index in [0.29, 0.717) is 6.54 Å². The number of amides is 1. The lowest BCUT2D eigenvalue weighted by Crippen LogP contribution is -2.35. The number of hydrogen-bond acceptors (Lipinski definition) is 3. The molecule has 0 radical (unpaired) electrons. The zero-order chi connectivity index (χ0) is 15.9. The molecule has 0 spiro atoms. The Balaban J connectivity index is 1.94. The smallest absolute Gasteiger partial charge is 0.261 e. The second kappa shape index (κ2) is 5.44. The van der Waals surface area contributed by atoms with Crippen molar-refractivity contribution in [1.29, 1.82) is 0 Å². The van der Waals surface area contributed by atoms with Crippen LogP contribution in [0.5, 0.6) is 0 Å². The van der Waals surface area contributed by atoms with Gasteiger partial charge in [-0.3, -0.25) is 9.59 Å². The van der Waals surface area contributed by atoms with Crippen LogP contribution in [-0.4, -0.2) is 32.3 Å². The molecule has 0 aromatic carbocycles. The standard InChI is InChI=1S/C16H20N4O2/c1-9-7-12(15(21)19-11(9)3)16(22)20-6-4-5-13(20)14-17-8-10(2)18-14/h7-8,13H,4-6H2,1-3H3,(H,17,18)(H,19,21). The van der Waals surface area contributed by atoms with E-state index in [1.165, 1.54) is 0 Å². The van der Waals surface area contributed by atoms with Crippen molar-refractivity contribution in [3.05, 3.63) is 51.0 Å². The van der Waals surface area contributed by atoms with Crippen molar-refractivity contribution in [3.8, 4) is 0 Å². The normalized spacial score (nSPS) is 18.0. The highest BCUT2D eigenvalue weighted by Crippen LogP contribution is 2.31. The van der Waals surface area contributed by atoms with Gasteiger partial charge in [0.1, 0.15) is 11.4 Å². The summed E-state index contributed by atoms with van der Waals surface area (Å²) in [6.07, 6.45) is 3.54. The zero-order valence-electron chi connectivity index (χ0n) is 13.1. The van der Waals surface area contributed by atoms with Gasteiger partial charge in [0.25, 0.3) is 11.5 Å². The molecule has 2 aromatic rings. The van der Waals surface area contributed by atoms with Crippen molar-refractivity contribution < 1.29 is 4.79 Å². The van der Waals surface area contributed by atoms with Crippen LogP contribution in [0.4, 0.5) is 0 Å². The number of H-pyrrole nitrogens is 2. The Hall–Kier alpha value is -2.37. The van der Waals surface area contributed by atoms with Gasteiger partial charge in [-0.2, -0.15) is 0 Å². The molecule has 1 atom stereocenters. The third kappa shape index (κ3) is 2.45. The lowest BCUT2D eigenvalue weighted by atomic mass is 10.1. The average Bonchev–Trinajstić information content (AvgIpc) is 3.10. The maximum Gasteiger partial charge on any atom is 0.261 e. The van der Waals surface area contributed by atoms with Crippen LogP contribution in [0.3, 0.4) is 0 Å². The number of carbonyl (C=O) groups is 1. The summed E-state index contributed by atoms with van der Waals surface area (Å²) in [5, 5.41) is 0. The molecule has 0 aliphatic carbocycles. The maximum absolute atomic E-state index is 12.8. The van der Waals surface area contributed by atoms with Gasteiger partial charge >= 0.3 is 0 Å². The van der Waals surface area contributed by atoms with E-state index in [-0.39, 0.29) is 23.1 Å². The van der Waals surface area contributed by atoms with Crippen molar-refractivity contribution in [2.75, 3.05) is 6.54 Å². The third-order valence-corrected chi connectivity index (χ3v) is 4.28. The van der Waals surface area contributed by atoms with Gasteiger partial charge in [-0.25, -0.2) is 4.98 Å². The Morgan fingerprint density at radius 2 is 2.09 bits per heavy atom. The van der Waals surface area contributed by atoms with Gasteiger partial charge in [0.05, 0.1) is 6.04 Å². The zero-order valence-corrected chi connectivity index (χ0v) is 13.1. The molecule has 0 bridgehead atoms. The number of rotatable bonds is 2. The quantitative estimate of drug-likeness (QED) is 0.890. The fraction of sp³-hybridized carbons (Fsp3) is 0.438. The van der Waals surface area contributed by atoms with E-state index in [2.05, 4.69) is 15.0 Å². The van der Waals surface area contributed by atoms with Crippen molar-refractivity contribution in [2.24, 2.45) is 0 Å². The first-order valence-electron chi connectivity index (χ1n) is 7.50. The number of imidazole rings is 1. The summed E-state index contributed by atoms with van der Waals surface area (Å²) in [6, 6.07) is 1.60. The second-order valence-electron chi connectivity index (χ2n) is 5.93. The monoisotopic (exact) mass is 300 g/mol. The first-order chi connectivity index (χ1) is 10.5. The van der Waals surface area contributed by atoms with Gasteiger partial charge in [-0.1, -0.05) is 0 Å². The molecule has 1 saturated heterocycles. The molecule has 1 fully saturated rings. The molecule has 3 heterocycles. The number of pyridine rings is 1. The number of nitrogens with zero attached hydrogens (tertiary/aromatic N) is 2. The van der Waals surface area contributed by atoms with Gasteiger partial charge in [0.15, 0.2) is 0 Å². The Morgan fingerprint density at radius 1 is 1.32 bits per heavy atom. The van der Waals surface area contributed by atoms with Crippen molar-refractivity contribution in [1.82, 2.24) is 19.9 Å². The second-order valence-corrected chi connectivity index (χ2v) is 5.93. The molecule has 22 heavy (non-hydrogen) atoms. The van der Waals surface area contributed by atoms with Crippen LogP contribution in [0.1, 0.15) is 52.0 Å². The molecule has 1 aliphatic rings. The fourth-order valence-corrected chi connectivity index (χ4v) is 2.94. The van der Waals surface area contributed by atoms with Crippen molar-refractivity contribution in [3.63, 3.8) is 0 Å². The first kappa shape index (κ1) is 14.6. The number of aryl methyl sites for hydroxylation is 3. The van der Waals surface area contributed by atoms with Crippen LogP contribution in [0.2, 0.25) is 0 Å². The van der Waals surface area contributed by atoms with Crippen LogP contribution in [-0.2, 0) is 0 Å². The average molecular weight is 300 g/mol. The summed E-state index contributed by atoms with van der Waals surface area (Å²) < 4.78 is 0. The fourth-order valence-electron chi connectivity index (χ4n) is 2.94. The molecule has 1 unspecified atom stereocenters. The largest absolute Gasteiger partial charge is 0.344 e. The van der Waals surface area contributed by atoms with E-state index >= 15 is 0 Å². The van der Waals surface area contributed by atoms with Gasteiger partial charge < -0.3 is 14.9 Å². The highest BCUT2D eigenvalue weighted by molar-refractivity contribution is 5.94. The molecule has 1 aliphatic heterocycles. The Kier molecular flexibility index (Phi) is 3.60. The van der Waals surface area contributed by atoms with E-state index in [0.717, 1.165) is 35.6 Å². The third-order valence-electron chi connectivity index (χ3n) is 4.28. The maximum atomic E-state index is 12.8. The summed E-state index contributed by atoms with van der Waals surface area (Å²) in [4.78, 5) is 36.9. The minimum absolute atomic E-state index is 0.0813. The molecule has 3 rings (SSSR count). The minimum Gasteiger partial charge on any atom is -0.344 e. The summed E-state index contributed by atoms with van der Waals surface area (Å²) >= 11 is 0. The van der Waals surface area contributed by atoms with Crippen LogP contribution < -0.4 is 5.56 Å². The van der Waals surface area contributed by atoms with Crippen LogP contribution in [0, 0.1) is 20.8 Å². The Labute approximate surface area is 128 Å². The van der Waals surface area contributed by atoms with Crippen molar-refractivity contribution in [2.45, 2.75) is 39.7 Å². The Bertz CT molecular complexity index is 775. The number of aromatic nitrogens is 3. The van der Waals surface area contributed by atoms with Gasteiger partial charge in [0.2, 0.25) is 0 Å². The lowest BCUT2D eigenvalue weighted by Gasteiger charge is -2.23. The molecule has 6 heteroatoms. The minimum atomic E-state index is -0.325. The Morgan fingerprint density at radius 3 is 2.77 bits per heavy atom. The van der Waals surface area contributed by atoms with Crippen LogP contribution >= 0.6 is 0 Å². The van der Waals surface area contributed by atoms with E-state index in [9.17, 15) is 9.59 Å². The number of nitrogens with one attached hydrogen (secondary N) is 2. The number of carbonyl (C=O) groups excluding carboxylic acids is 1. The number of likely N-dealkylation sites (tertiary alicyclic amines) is 1. The first-order valence-corrected chi connectivity index (χ1v) is 7.50. The van der Waals surface area contributed by atoms with Crippen molar-refractivity contribution >= 4 is 5.91 Å². The highest BCUT2D eigenvalue weighted by atomic mass is 16.2. The molecule has 1 amide bonds. The topological polar surface area (TPSA) is 81.8 Å². The number of hydrogen-bond donors (Lipinski definition) is 2. The predicted octanol–water partition coefficient (Wildman–Crippen LogP) is 2.00. The number of aromatic amines is 2. The summed E-state index contributed by atoms with van der Waals surface area (Å²) in [5.41, 5.74) is 2.56. The summed E-state index contributed by atoms with van der Waals surface area (Å²) in [7, 11) is 0. The van der Waals surface area contributed by atoms with Crippen LogP contribution in [0.15, 0.2) is 17.1 Å². The SMILES string of the molecule is Cc1cnc(C2CCCN2C(=O)c2cc(C)c(C)[nH]c2=O)[nH]1. The van der Waals surface area contributed by atoms with E-state index in [4.69, 9.17) is 0 Å². The van der Waals surface area contributed by atoms with Gasteiger partial charge in [-0.15, -0.1) is 0 Å². The highest BCUT2D eigenvalue weighted by Gasteiger charge is 2.33. The molecule has 0 saturated carbocycles. The van der Waals surface area contributed by atoms with E-state index < -0.39 is 0 Å². The molecule has 2 aromatic heterocycles. The molecule has 2 N–H and O–H groups in total. The molecule has 116 valence electrons. The van der Waals surface area contributed by atoms with Gasteiger partial charge in [-0.05, 0) is 45.2 Å². The van der Waals surface area contributed by atoms with Gasteiger partial charge in [0, 0.05) is 24.1 Å². The predicted molar refractivity (Wildman–Crippen MR) is 82.9 cm³/mol. The molecular formula is C16H20N4O2. The van der Waals surface area contributed by atoms with Crippen LogP contribution in [0.25, 0.3) is 0 Å². The summed E-state index contributed by atoms with van der Waals surface area (Å²) in [6.45, 7) is 6.30. The molecule has 6 nitrogen and oxygen atoms in total. The molecular weight excluding hydrogens is 280 g/mol. The lowest BCUT2D eigenvalue weighted by molar-refractivity contribution is 0.0728. The summed E-state index contributed by atoms with van der Waals surface area (Å²) in [5.74, 6) is 0.574. The van der Waals surface area contributed by atoms with E-state index in [1.807, 2.05) is 20.8 Å². The van der Waals surface area contributed by atoms with E-state index in [1.54, 1.807) is 17.2 Å².